The highest BCUT2D eigenvalue weighted by molar-refractivity contribution is 7.12. The number of aromatic nitrogens is 3. The van der Waals surface area contributed by atoms with Crippen LogP contribution in [0.5, 0.6) is 0 Å². The number of rotatable bonds is 4. The molecule has 4 heterocycles. The zero-order valence-corrected chi connectivity index (χ0v) is 16.2. The summed E-state index contributed by atoms with van der Waals surface area (Å²) in [7, 11) is 0. The Hall–Kier alpha value is -2.09. The second-order valence-electron chi connectivity index (χ2n) is 6.21. The first-order valence-electron chi connectivity index (χ1n) is 8.21. The number of fused-ring (bicyclic) bond motifs is 1. The van der Waals surface area contributed by atoms with Crippen LogP contribution in [0.1, 0.15) is 44.9 Å². The second kappa shape index (κ2) is 7.65. The van der Waals surface area contributed by atoms with Crippen LogP contribution >= 0.6 is 23.7 Å². The highest BCUT2D eigenvalue weighted by Crippen LogP contribution is 2.29. The molecule has 136 valence electrons. The number of carbonyl (C=O) groups excluding carboxylic acids is 1. The molecule has 0 saturated carbocycles. The van der Waals surface area contributed by atoms with E-state index in [0.717, 1.165) is 41.2 Å². The third-order valence-electron chi connectivity index (χ3n) is 4.38. The van der Waals surface area contributed by atoms with Crippen LogP contribution < -0.4 is 5.32 Å². The van der Waals surface area contributed by atoms with Crippen molar-refractivity contribution in [1.82, 2.24) is 20.4 Å². The van der Waals surface area contributed by atoms with Crippen molar-refractivity contribution in [3.05, 3.63) is 50.8 Å². The van der Waals surface area contributed by atoms with Crippen LogP contribution in [0.4, 0.5) is 0 Å². The molecule has 6 nitrogen and oxygen atoms in total. The highest BCUT2D eigenvalue weighted by atomic mass is 35.5. The summed E-state index contributed by atoms with van der Waals surface area (Å²) in [4.78, 5) is 21.2. The monoisotopic (exact) mass is 390 g/mol. The van der Waals surface area contributed by atoms with Crippen molar-refractivity contribution in [2.45, 2.75) is 33.2 Å². The SMILES string of the molecule is CC(=O)c1cc(Cc2nc(-c3c(C)ncc4c3CCNC4)no2)cs1.Cl. The summed E-state index contributed by atoms with van der Waals surface area (Å²) < 4.78 is 5.45. The van der Waals surface area contributed by atoms with Gasteiger partial charge >= 0.3 is 0 Å². The molecule has 1 aliphatic rings. The molecule has 8 heteroatoms. The minimum atomic E-state index is 0. The fourth-order valence-electron chi connectivity index (χ4n) is 3.12. The molecule has 0 spiro atoms. The molecule has 26 heavy (non-hydrogen) atoms. The molecule has 1 aliphatic heterocycles. The number of hydrogen-bond acceptors (Lipinski definition) is 7. The van der Waals surface area contributed by atoms with Crippen LogP contribution in [0, 0.1) is 6.92 Å². The Bertz CT molecular complexity index is 951. The van der Waals surface area contributed by atoms with E-state index in [1.807, 2.05) is 24.6 Å². The number of thiophene rings is 1. The van der Waals surface area contributed by atoms with Gasteiger partial charge in [0, 0.05) is 24.0 Å². The average Bonchev–Trinajstić information content (AvgIpc) is 3.25. The lowest BCUT2D eigenvalue weighted by Gasteiger charge is -2.19. The summed E-state index contributed by atoms with van der Waals surface area (Å²) in [5, 5.41) is 9.50. The number of Topliss-reactive ketones (excluding diaryl/α,β-unsaturated/α-hetero) is 1. The van der Waals surface area contributed by atoms with Crippen molar-refractivity contribution in [2.24, 2.45) is 0 Å². The van der Waals surface area contributed by atoms with E-state index in [2.05, 4.69) is 20.4 Å². The van der Waals surface area contributed by atoms with Gasteiger partial charge in [-0.2, -0.15) is 4.98 Å². The highest BCUT2D eigenvalue weighted by Gasteiger charge is 2.21. The third-order valence-corrected chi connectivity index (χ3v) is 5.46. The first kappa shape index (κ1) is 18.7. The molecule has 3 aromatic rings. The van der Waals surface area contributed by atoms with Crippen molar-refractivity contribution in [3.8, 4) is 11.4 Å². The molecule has 3 aromatic heterocycles. The van der Waals surface area contributed by atoms with Crippen molar-refractivity contribution >= 4 is 29.5 Å². The summed E-state index contributed by atoms with van der Waals surface area (Å²) in [5.41, 5.74) is 5.38. The fourth-order valence-corrected chi connectivity index (χ4v) is 3.94. The maximum Gasteiger partial charge on any atom is 0.231 e. The van der Waals surface area contributed by atoms with Gasteiger partial charge in [-0.05, 0) is 54.9 Å². The van der Waals surface area contributed by atoms with E-state index in [0.29, 0.717) is 18.1 Å². The largest absolute Gasteiger partial charge is 0.339 e. The molecule has 0 bridgehead atoms. The van der Waals surface area contributed by atoms with Crippen LogP contribution in [0.3, 0.4) is 0 Å². The van der Waals surface area contributed by atoms with Crippen LogP contribution in [0.2, 0.25) is 0 Å². The van der Waals surface area contributed by atoms with E-state index in [1.54, 1.807) is 6.92 Å². The van der Waals surface area contributed by atoms with Crippen molar-refractivity contribution in [1.29, 1.82) is 0 Å². The van der Waals surface area contributed by atoms with Crippen molar-refractivity contribution in [3.63, 3.8) is 0 Å². The number of halogens is 1. The first-order chi connectivity index (χ1) is 12.1. The van der Waals surface area contributed by atoms with E-state index in [1.165, 1.54) is 22.5 Å². The Balaban J connectivity index is 0.00000196. The van der Waals surface area contributed by atoms with Gasteiger partial charge in [-0.1, -0.05) is 5.16 Å². The van der Waals surface area contributed by atoms with E-state index in [4.69, 9.17) is 4.52 Å². The molecule has 0 atom stereocenters. The number of carbonyl (C=O) groups is 1. The van der Waals surface area contributed by atoms with E-state index in [9.17, 15) is 4.79 Å². The maximum absolute atomic E-state index is 11.4. The Kier molecular flexibility index (Phi) is 5.50. The molecular weight excluding hydrogens is 372 g/mol. The summed E-state index contributed by atoms with van der Waals surface area (Å²) in [6.07, 6.45) is 3.39. The molecule has 0 radical (unpaired) electrons. The van der Waals surface area contributed by atoms with Gasteiger partial charge < -0.3 is 9.84 Å². The molecule has 0 unspecified atom stereocenters. The molecule has 0 amide bonds. The molecule has 4 rings (SSSR count). The van der Waals surface area contributed by atoms with Crippen LogP contribution in [0.25, 0.3) is 11.4 Å². The predicted octanol–water partition coefficient (Wildman–Crippen LogP) is 3.36. The zero-order valence-electron chi connectivity index (χ0n) is 14.5. The van der Waals surface area contributed by atoms with Gasteiger partial charge in [0.1, 0.15) is 0 Å². The van der Waals surface area contributed by atoms with Gasteiger partial charge in [-0.25, -0.2) is 0 Å². The Morgan fingerprint density at radius 2 is 2.27 bits per heavy atom. The summed E-state index contributed by atoms with van der Waals surface area (Å²) in [6, 6.07) is 1.89. The topological polar surface area (TPSA) is 80.9 Å². The van der Waals surface area contributed by atoms with Gasteiger partial charge in [0.05, 0.1) is 11.3 Å². The fraction of sp³-hybridized carbons (Fsp3) is 0.333. The normalized spacial score (nSPS) is 13.2. The van der Waals surface area contributed by atoms with E-state index >= 15 is 0 Å². The molecule has 1 N–H and O–H groups in total. The van der Waals surface area contributed by atoms with Gasteiger partial charge in [-0.15, -0.1) is 23.7 Å². The summed E-state index contributed by atoms with van der Waals surface area (Å²) in [5.74, 6) is 1.23. The number of nitrogens with one attached hydrogen (secondary N) is 1. The van der Waals surface area contributed by atoms with Gasteiger partial charge in [0.25, 0.3) is 0 Å². The summed E-state index contributed by atoms with van der Waals surface area (Å²) >= 11 is 1.44. The number of nitrogens with zero attached hydrogens (tertiary/aromatic N) is 3. The molecule has 0 fully saturated rings. The molecule has 0 aromatic carbocycles. The standard InChI is InChI=1S/C18H18N4O2S.ClH/c1-10-17(14-3-4-19-7-13(14)8-20-10)18-21-16(24-22-18)6-12-5-15(11(2)23)25-9-12;/h5,8-9,19H,3-4,6-7H2,1-2H3;1H. The maximum atomic E-state index is 11.4. The van der Waals surface area contributed by atoms with Crippen LogP contribution in [-0.4, -0.2) is 27.5 Å². The predicted molar refractivity (Wildman–Crippen MR) is 102 cm³/mol. The smallest absolute Gasteiger partial charge is 0.231 e. The number of ketones is 1. The second-order valence-corrected chi connectivity index (χ2v) is 7.12. The minimum absolute atomic E-state index is 0. The van der Waals surface area contributed by atoms with E-state index < -0.39 is 0 Å². The lowest BCUT2D eigenvalue weighted by atomic mass is 9.95. The Morgan fingerprint density at radius 1 is 1.42 bits per heavy atom. The minimum Gasteiger partial charge on any atom is -0.339 e. The molecule has 0 aliphatic carbocycles. The van der Waals surface area contributed by atoms with Crippen LogP contribution in [-0.2, 0) is 19.4 Å². The third kappa shape index (κ3) is 3.56. The summed E-state index contributed by atoms with van der Waals surface area (Å²) in [6.45, 7) is 5.31. The Labute approximate surface area is 161 Å². The van der Waals surface area contributed by atoms with Crippen molar-refractivity contribution < 1.29 is 9.32 Å². The quantitative estimate of drug-likeness (QED) is 0.688. The number of aryl methyl sites for hydroxylation is 1. The van der Waals surface area contributed by atoms with E-state index in [-0.39, 0.29) is 18.2 Å². The lowest BCUT2D eigenvalue weighted by Crippen LogP contribution is -2.24. The Morgan fingerprint density at radius 3 is 3.04 bits per heavy atom. The lowest BCUT2D eigenvalue weighted by molar-refractivity contribution is 0.102. The van der Waals surface area contributed by atoms with Gasteiger partial charge in [0.15, 0.2) is 5.78 Å². The van der Waals surface area contributed by atoms with Crippen molar-refractivity contribution in [2.75, 3.05) is 6.54 Å². The average molecular weight is 391 g/mol. The molecule has 0 saturated heterocycles. The molecular formula is C18H19ClN4O2S. The van der Waals surface area contributed by atoms with Gasteiger partial charge in [0.2, 0.25) is 11.7 Å². The van der Waals surface area contributed by atoms with Gasteiger partial charge in [-0.3, -0.25) is 9.78 Å². The first-order valence-corrected chi connectivity index (χ1v) is 9.09. The number of hydrogen-bond donors (Lipinski definition) is 1. The number of pyridine rings is 1. The van der Waals surface area contributed by atoms with Crippen LogP contribution in [0.15, 0.2) is 22.2 Å². The zero-order chi connectivity index (χ0) is 17.4.